The Balaban J connectivity index is 2.17. The molecule has 6 heteroatoms. The molecule has 1 saturated heterocycles. The van der Waals surface area contributed by atoms with Crippen molar-refractivity contribution in [3.8, 4) is 6.07 Å². The Morgan fingerprint density at radius 1 is 1.44 bits per heavy atom. The van der Waals surface area contributed by atoms with Crippen molar-refractivity contribution < 1.29 is 14.6 Å². The van der Waals surface area contributed by atoms with Crippen molar-refractivity contribution in [1.29, 1.82) is 5.26 Å². The van der Waals surface area contributed by atoms with Gasteiger partial charge in [0.15, 0.2) is 0 Å². The molecule has 1 fully saturated rings. The Hall–Kier alpha value is -2.10. The third-order valence-corrected chi connectivity index (χ3v) is 4.94. The molecule has 1 aromatic heterocycles. The summed E-state index contributed by atoms with van der Waals surface area (Å²) >= 11 is 0. The first-order valence-corrected chi connectivity index (χ1v) is 8.69. The fourth-order valence-electron chi connectivity index (χ4n) is 3.29. The van der Waals surface area contributed by atoms with Crippen LogP contribution in [0.15, 0.2) is 11.6 Å². The molecule has 6 nitrogen and oxygen atoms in total. The summed E-state index contributed by atoms with van der Waals surface area (Å²) in [5, 5.41) is 18.7. The summed E-state index contributed by atoms with van der Waals surface area (Å²) in [7, 11) is 1.67. The van der Waals surface area contributed by atoms with Gasteiger partial charge in [-0.2, -0.15) is 5.26 Å². The number of hydrogen-bond donors (Lipinski definition) is 1. The van der Waals surface area contributed by atoms with E-state index in [-0.39, 0.29) is 24.0 Å². The summed E-state index contributed by atoms with van der Waals surface area (Å²) in [6.07, 6.45) is 3.26. The molecule has 0 unspecified atom stereocenters. The van der Waals surface area contributed by atoms with Crippen LogP contribution in [0.4, 0.5) is 0 Å². The van der Waals surface area contributed by atoms with Gasteiger partial charge in [0.05, 0.1) is 6.61 Å². The zero-order chi connectivity index (χ0) is 18.4. The number of aliphatic hydroxyl groups is 1. The van der Waals surface area contributed by atoms with E-state index >= 15 is 0 Å². The fraction of sp³-hybridized carbons (Fsp3) is 0.579. The number of ether oxygens (including phenoxy) is 1. The summed E-state index contributed by atoms with van der Waals surface area (Å²) in [4.78, 5) is 14.4. The van der Waals surface area contributed by atoms with E-state index in [0.717, 1.165) is 36.3 Å². The molecule has 1 N–H and O–H groups in total. The number of aryl methyl sites for hydroxylation is 1. The van der Waals surface area contributed by atoms with Gasteiger partial charge in [-0.1, -0.05) is 0 Å². The van der Waals surface area contributed by atoms with E-state index in [4.69, 9.17) is 4.74 Å². The molecular formula is C19H27N3O3. The van der Waals surface area contributed by atoms with Crippen LogP contribution in [0.3, 0.4) is 0 Å². The predicted octanol–water partition coefficient (Wildman–Crippen LogP) is 1.89. The fourth-order valence-corrected chi connectivity index (χ4v) is 3.29. The number of rotatable bonds is 6. The lowest BCUT2D eigenvalue weighted by Crippen LogP contribution is -2.39. The van der Waals surface area contributed by atoms with Crippen molar-refractivity contribution in [3.63, 3.8) is 0 Å². The third-order valence-electron chi connectivity index (χ3n) is 4.94. The summed E-state index contributed by atoms with van der Waals surface area (Å²) in [5.74, 6) is 0.0406. The number of carbonyl (C=O) groups is 1. The van der Waals surface area contributed by atoms with Crippen LogP contribution in [-0.2, 0) is 16.1 Å². The number of nitrogens with zero attached hydrogens (tertiary/aromatic N) is 3. The second kappa shape index (κ2) is 8.84. The largest absolute Gasteiger partial charge is 0.396 e. The lowest BCUT2D eigenvalue weighted by Gasteiger charge is -2.30. The van der Waals surface area contributed by atoms with E-state index in [1.165, 1.54) is 0 Å². The minimum Gasteiger partial charge on any atom is -0.396 e. The average molecular weight is 345 g/mol. The minimum absolute atomic E-state index is 0.162. The SMILES string of the molecule is COCCn1c(C)cc(/C=C(/C#N)C(=O)N2CCC(CO)CC2)c1C. The second-order valence-corrected chi connectivity index (χ2v) is 6.56. The first kappa shape index (κ1) is 19.2. The van der Waals surface area contributed by atoms with Crippen LogP contribution in [0.25, 0.3) is 6.08 Å². The molecule has 2 heterocycles. The van der Waals surface area contributed by atoms with Crippen LogP contribution in [0.2, 0.25) is 0 Å². The molecular weight excluding hydrogens is 318 g/mol. The smallest absolute Gasteiger partial charge is 0.264 e. The maximum absolute atomic E-state index is 12.6. The van der Waals surface area contributed by atoms with Crippen LogP contribution in [0.5, 0.6) is 0 Å². The second-order valence-electron chi connectivity index (χ2n) is 6.56. The van der Waals surface area contributed by atoms with Gasteiger partial charge in [0, 0.05) is 44.7 Å². The summed E-state index contributed by atoms with van der Waals surface area (Å²) in [6.45, 7) is 6.70. The van der Waals surface area contributed by atoms with E-state index in [1.807, 2.05) is 19.9 Å². The first-order chi connectivity index (χ1) is 12.0. The van der Waals surface area contributed by atoms with Gasteiger partial charge in [-0.15, -0.1) is 0 Å². The molecule has 1 aliphatic heterocycles. The Kier molecular flexibility index (Phi) is 6.80. The number of piperidine rings is 1. The molecule has 0 radical (unpaired) electrons. The van der Waals surface area contributed by atoms with Gasteiger partial charge in [-0.05, 0) is 50.3 Å². The minimum atomic E-state index is -0.222. The van der Waals surface area contributed by atoms with Gasteiger partial charge in [0.1, 0.15) is 11.6 Å². The topological polar surface area (TPSA) is 78.5 Å². The van der Waals surface area contributed by atoms with Gasteiger partial charge in [0.2, 0.25) is 0 Å². The molecule has 0 spiro atoms. The number of aromatic nitrogens is 1. The monoisotopic (exact) mass is 345 g/mol. The standard InChI is InChI=1S/C19H27N3O3/c1-14-10-17(15(2)22(14)8-9-25-3)11-18(12-20)19(24)21-6-4-16(13-23)5-7-21/h10-11,16,23H,4-9,13H2,1-3H3/b18-11-. The van der Waals surface area contributed by atoms with Crippen molar-refractivity contribution >= 4 is 12.0 Å². The molecule has 0 aliphatic carbocycles. The van der Waals surface area contributed by atoms with Crippen molar-refractivity contribution in [2.24, 2.45) is 5.92 Å². The van der Waals surface area contributed by atoms with Crippen LogP contribution < -0.4 is 0 Å². The molecule has 0 saturated carbocycles. The number of likely N-dealkylation sites (tertiary alicyclic amines) is 1. The highest BCUT2D eigenvalue weighted by Crippen LogP contribution is 2.21. The lowest BCUT2D eigenvalue weighted by molar-refractivity contribution is -0.128. The Labute approximate surface area is 149 Å². The Morgan fingerprint density at radius 3 is 2.68 bits per heavy atom. The molecule has 2 rings (SSSR count). The van der Waals surface area contributed by atoms with Crippen molar-refractivity contribution in [2.75, 3.05) is 33.4 Å². The van der Waals surface area contributed by atoms with Gasteiger partial charge in [0.25, 0.3) is 5.91 Å². The molecule has 136 valence electrons. The predicted molar refractivity (Wildman–Crippen MR) is 95.8 cm³/mol. The maximum atomic E-state index is 12.6. The highest BCUT2D eigenvalue weighted by molar-refractivity contribution is 6.01. The summed E-state index contributed by atoms with van der Waals surface area (Å²) in [6, 6.07) is 4.05. The van der Waals surface area contributed by atoms with Gasteiger partial charge in [-0.3, -0.25) is 4.79 Å². The molecule has 0 atom stereocenters. The van der Waals surface area contributed by atoms with Crippen molar-refractivity contribution in [3.05, 3.63) is 28.6 Å². The summed E-state index contributed by atoms with van der Waals surface area (Å²) < 4.78 is 7.26. The number of nitriles is 1. The molecule has 25 heavy (non-hydrogen) atoms. The van der Waals surface area contributed by atoms with Crippen LogP contribution in [0.1, 0.15) is 29.8 Å². The van der Waals surface area contributed by atoms with Crippen molar-refractivity contribution in [1.82, 2.24) is 9.47 Å². The average Bonchev–Trinajstić information content (AvgIpc) is 2.90. The quantitative estimate of drug-likeness (QED) is 0.631. The lowest BCUT2D eigenvalue weighted by atomic mass is 9.97. The number of aliphatic hydroxyl groups excluding tert-OH is 1. The van der Waals surface area contributed by atoms with Crippen LogP contribution in [0, 0.1) is 31.1 Å². The van der Waals surface area contributed by atoms with E-state index in [0.29, 0.717) is 19.7 Å². The number of hydrogen-bond acceptors (Lipinski definition) is 4. The molecule has 0 aromatic carbocycles. The summed E-state index contributed by atoms with van der Waals surface area (Å²) in [5.41, 5.74) is 3.15. The molecule has 1 aliphatic rings. The van der Waals surface area contributed by atoms with Gasteiger partial charge < -0.3 is 19.3 Å². The van der Waals surface area contributed by atoms with Crippen LogP contribution >= 0.6 is 0 Å². The zero-order valence-electron chi connectivity index (χ0n) is 15.3. The highest BCUT2D eigenvalue weighted by atomic mass is 16.5. The Bertz CT molecular complexity index is 677. The highest BCUT2D eigenvalue weighted by Gasteiger charge is 2.24. The van der Waals surface area contributed by atoms with Gasteiger partial charge in [-0.25, -0.2) is 0 Å². The molecule has 1 aromatic rings. The molecule has 0 bridgehead atoms. The third kappa shape index (κ3) is 4.50. The van der Waals surface area contributed by atoms with E-state index < -0.39 is 0 Å². The van der Waals surface area contributed by atoms with E-state index in [9.17, 15) is 15.2 Å². The maximum Gasteiger partial charge on any atom is 0.264 e. The van der Waals surface area contributed by atoms with E-state index in [2.05, 4.69) is 10.6 Å². The molecule has 1 amide bonds. The number of methoxy groups -OCH3 is 1. The first-order valence-electron chi connectivity index (χ1n) is 8.69. The van der Waals surface area contributed by atoms with Gasteiger partial charge >= 0.3 is 0 Å². The zero-order valence-corrected chi connectivity index (χ0v) is 15.3. The van der Waals surface area contributed by atoms with Crippen molar-refractivity contribution in [2.45, 2.75) is 33.2 Å². The van der Waals surface area contributed by atoms with E-state index in [1.54, 1.807) is 18.1 Å². The normalized spacial score (nSPS) is 16.1. The van der Waals surface area contributed by atoms with Crippen LogP contribution in [-0.4, -0.2) is 53.9 Å². The number of carbonyl (C=O) groups excluding carboxylic acids is 1. The number of amides is 1. The Morgan fingerprint density at radius 2 is 2.12 bits per heavy atom.